The molecule has 0 spiro atoms. The first-order chi connectivity index (χ1) is 11.8. The Bertz CT molecular complexity index is 941. The monoisotopic (exact) mass is 346 g/mol. The standard InChI is InChI=1S/C19H17F3N2O/c1-11-12(2)24-17-7-6-14(9-16(11)17)18(25)23-10-13-4-3-5-15(8-13)19(20,21)22/h3-9,24H,10H2,1-2H3,(H,23,25). The van der Waals surface area contributed by atoms with Crippen molar-refractivity contribution in [1.29, 1.82) is 0 Å². The van der Waals surface area contributed by atoms with Gasteiger partial charge in [-0.05, 0) is 55.3 Å². The van der Waals surface area contributed by atoms with Gasteiger partial charge in [0, 0.05) is 28.7 Å². The van der Waals surface area contributed by atoms with E-state index in [1.807, 2.05) is 19.9 Å². The Hall–Kier alpha value is -2.76. The molecule has 0 saturated carbocycles. The lowest BCUT2D eigenvalue weighted by Gasteiger charge is -2.10. The fourth-order valence-electron chi connectivity index (χ4n) is 2.74. The summed E-state index contributed by atoms with van der Waals surface area (Å²) in [5.74, 6) is -0.322. The van der Waals surface area contributed by atoms with Crippen LogP contribution >= 0.6 is 0 Å². The van der Waals surface area contributed by atoms with Crippen LogP contribution in [0.4, 0.5) is 13.2 Å². The van der Waals surface area contributed by atoms with Crippen molar-refractivity contribution in [1.82, 2.24) is 10.3 Å². The summed E-state index contributed by atoms with van der Waals surface area (Å²) in [5, 5.41) is 3.63. The lowest BCUT2D eigenvalue weighted by molar-refractivity contribution is -0.137. The van der Waals surface area contributed by atoms with E-state index in [9.17, 15) is 18.0 Å². The Morgan fingerprint density at radius 2 is 1.88 bits per heavy atom. The normalized spacial score (nSPS) is 11.7. The van der Waals surface area contributed by atoms with Gasteiger partial charge in [0.05, 0.1) is 5.56 Å². The predicted octanol–water partition coefficient (Wildman–Crippen LogP) is 4.73. The van der Waals surface area contributed by atoms with Gasteiger partial charge in [0.1, 0.15) is 0 Å². The van der Waals surface area contributed by atoms with Crippen LogP contribution in [0.2, 0.25) is 0 Å². The summed E-state index contributed by atoms with van der Waals surface area (Å²) in [5.41, 5.74) is 3.21. The fourth-order valence-corrected chi connectivity index (χ4v) is 2.74. The number of fused-ring (bicyclic) bond motifs is 1. The van der Waals surface area contributed by atoms with Crippen LogP contribution in [-0.2, 0) is 12.7 Å². The molecule has 2 N–H and O–H groups in total. The van der Waals surface area contributed by atoms with Crippen molar-refractivity contribution in [3.8, 4) is 0 Å². The number of halogens is 3. The number of aromatic amines is 1. The summed E-state index contributed by atoms with van der Waals surface area (Å²) in [6.45, 7) is 3.97. The smallest absolute Gasteiger partial charge is 0.358 e. The Morgan fingerprint density at radius 3 is 2.60 bits per heavy atom. The highest BCUT2D eigenvalue weighted by Crippen LogP contribution is 2.29. The third kappa shape index (κ3) is 3.52. The molecule has 0 unspecified atom stereocenters. The van der Waals surface area contributed by atoms with Gasteiger partial charge >= 0.3 is 6.18 Å². The zero-order chi connectivity index (χ0) is 18.2. The second kappa shape index (κ2) is 6.27. The minimum absolute atomic E-state index is 0.0337. The number of rotatable bonds is 3. The molecule has 130 valence electrons. The molecule has 25 heavy (non-hydrogen) atoms. The van der Waals surface area contributed by atoms with Crippen molar-refractivity contribution in [2.45, 2.75) is 26.6 Å². The minimum atomic E-state index is -4.39. The summed E-state index contributed by atoms with van der Waals surface area (Å²) >= 11 is 0. The molecule has 0 aliphatic rings. The van der Waals surface area contributed by atoms with Crippen LogP contribution in [-0.4, -0.2) is 10.9 Å². The zero-order valence-electron chi connectivity index (χ0n) is 13.8. The van der Waals surface area contributed by atoms with Gasteiger partial charge in [0.15, 0.2) is 0 Å². The number of amides is 1. The van der Waals surface area contributed by atoms with E-state index in [1.165, 1.54) is 6.07 Å². The first-order valence-electron chi connectivity index (χ1n) is 7.79. The van der Waals surface area contributed by atoms with E-state index in [4.69, 9.17) is 0 Å². The molecule has 2 aromatic carbocycles. The number of hydrogen-bond acceptors (Lipinski definition) is 1. The van der Waals surface area contributed by atoms with Gasteiger partial charge in [0.25, 0.3) is 5.91 Å². The lowest BCUT2D eigenvalue weighted by atomic mass is 10.1. The second-order valence-corrected chi connectivity index (χ2v) is 6.02. The minimum Gasteiger partial charge on any atom is -0.358 e. The average molecular weight is 346 g/mol. The number of nitrogens with one attached hydrogen (secondary N) is 2. The maximum Gasteiger partial charge on any atom is 0.416 e. The zero-order valence-corrected chi connectivity index (χ0v) is 13.8. The van der Waals surface area contributed by atoms with Crippen LogP contribution in [0.5, 0.6) is 0 Å². The number of H-pyrrole nitrogens is 1. The van der Waals surface area contributed by atoms with Crippen molar-refractivity contribution in [3.63, 3.8) is 0 Å². The molecule has 0 bridgehead atoms. The lowest BCUT2D eigenvalue weighted by Crippen LogP contribution is -2.23. The summed E-state index contributed by atoms with van der Waals surface area (Å²) in [6, 6.07) is 10.3. The van der Waals surface area contributed by atoms with E-state index in [0.29, 0.717) is 11.1 Å². The third-order valence-electron chi connectivity index (χ3n) is 4.28. The molecule has 0 atom stereocenters. The Morgan fingerprint density at radius 1 is 1.12 bits per heavy atom. The molecule has 0 radical (unpaired) electrons. The maximum absolute atomic E-state index is 12.7. The molecular weight excluding hydrogens is 329 g/mol. The van der Waals surface area contributed by atoms with E-state index in [-0.39, 0.29) is 12.5 Å². The van der Waals surface area contributed by atoms with E-state index in [0.717, 1.165) is 34.3 Å². The van der Waals surface area contributed by atoms with Crippen molar-refractivity contribution in [2.24, 2.45) is 0 Å². The SMILES string of the molecule is Cc1[nH]c2ccc(C(=O)NCc3cccc(C(F)(F)F)c3)cc2c1C. The maximum atomic E-state index is 12.7. The molecule has 0 fully saturated rings. The van der Waals surface area contributed by atoms with Gasteiger partial charge in [-0.2, -0.15) is 13.2 Å². The Labute approximate surface area is 142 Å². The topological polar surface area (TPSA) is 44.9 Å². The van der Waals surface area contributed by atoms with Crippen molar-refractivity contribution >= 4 is 16.8 Å². The van der Waals surface area contributed by atoms with Crippen LogP contribution in [0.15, 0.2) is 42.5 Å². The molecule has 3 nitrogen and oxygen atoms in total. The third-order valence-corrected chi connectivity index (χ3v) is 4.28. The molecular formula is C19H17F3N2O. The molecule has 1 heterocycles. The molecule has 0 aliphatic heterocycles. The molecule has 1 aromatic heterocycles. The van der Waals surface area contributed by atoms with Crippen molar-refractivity contribution in [3.05, 3.63) is 70.4 Å². The number of aryl methyl sites for hydroxylation is 2. The highest BCUT2D eigenvalue weighted by molar-refractivity contribution is 5.99. The molecule has 1 amide bonds. The largest absolute Gasteiger partial charge is 0.416 e. The van der Waals surface area contributed by atoms with Crippen LogP contribution in [0.1, 0.15) is 32.7 Å². The Kier molecular flexibility index (Phi) is 4.29. The van der Waals surface area contributed by atoms with Crippen LogP contribution in [0.3, 0.4) is 0 Å². The quantitative estimate of drug-likeness (QED) is 0.707. The van der Waals surface area contributed by atoms with E-state index in [2.05, 4.69) is 10.3 Å². The van der Waals surface area contributed by atoms with Crippen LogP contribution < -0.4 is 5.32 Å². The molecule has 0 aliphatic carbocycles. The molecule has 3 aromatic rings. The number of hydrogen-bond donors (Lipinski definition) is 2. The second-order valence-electron chi connectivity index (χ2n) is 6.02. The number of carbonyl (C=O) groups excluding carboxylic acids is 1. The molecule has 3 rings (SSSR count). The summed E-state index contributed by atoms with van der Waals surface area (Å²) in [4.78, 5) is 15.6. The molecule has 0 saturated heterocycles. The number of benzene rings is 2. The van der Waals surface area contributed by atoms with Gasteiger partial charge < -0.3 is 10.3 Å². The summed E-state index contributed by atoms with van der Waals surface area (Å²) in [6.07, 6.45) is -4.39. The fraction of sp³-hybridized carbons (Fsp3) is 0.211. The van der Waals surface area contributed by atoms with Gasteiger partial charge in [-0.1, -0.05) is 12.1 Å². The van der Waals surface area contributed by atoms with E-state index >= 15 is 0 Å². The van der Waals surface area contributed by atoms with E-state index < -0.39 is 11.7 Å². The highest BCUT2D eigenvalue weighted by Gasteiger charge is 2.30. The van der Waals surface area contributed by atoms with Gasteiger partial charge in [-0.25, -0.2) is 0 Å². The number of alkyl halides is 3. The predicted molar refractivity (Wildman–Crippen MR) is 90.4 cm³/mol. The highest BCUT2D eigenvalue weighted by atomic mass is 19.4. The first kappa shape index (κ1) is 17.1. The van der Waals surface area contributed by atoms with Crippen molar-refractivity contribution < 1.29 is 18.0 Å². The van der Waals surface area contributed by atoms with Crippen LogP contribution in [0, 0.1) is 13.8 Å². The van der Waals surface area contributed by atoms with Crippen LogP contribution in [0.25, 0.3) is 10.9 Å². The number of aromatic nitrogens is 1. The summed E-state index contributed by atoms with van der Waals surface area (Å²) < 4.78 is 38.2. The Balaban J connectivity index is 1.76. The average Bonchev–Trinajstić information content (AvgIpc) is 2.86. The summed E-state index contributed by atoms with van der Waals surface area (Å²) in [7, 11) is 0. The molecule has 6 heteroatoms. The first-order valence-corrected chi connectivity index (χ1v) is 7.79. The van der Waals surface area contributed by atoms with E-state index in [1.54, 1.807) is 18.2 Å². The van der Waals surface area contributed by atoms with Crippen molar-refractivity contribution in [2.75, 3.05) is 0 Å². The van der Waals surface area contributed by atoms with Gasteiger partial charge in [-0.3, -0.25) is 4.79 Å². The van der Waals surface area contributed by atoms with Gasteiger partial charge in [-0.15, -0.1) is 0 Å². The number of carbonyl (C=O) groups is 1. The van der Waals surface area contributed by atoms with Gasteiger partial charge in [0.2, 0.25) is 0 Å².